The highest BCUT2D eigenvalue weighted by molar-refractivity contribution is 4.99. The molecule has 1 spiro atoms. The van der Waals surface area contributed by atoms with Crippen LogP contribution in [-0.2, 0) is 11.2 Å². The minimum atomic E-state index is 0.207. The summed E-state index contributed by atoms with van der Waals surface area (Å²) in [6, 6.07) is 0.610. The molecule has 0 radical (unpaired) electrons. The molecule has 1 saturated heterocycles. The predicted molar refractivity (Wildman–Crippen MR) is 67.0 cm³/mol. The Bertz CT molecular complexity index is 379. The maximum Gasteiger partial charge on any atom is 0.108 e. The first-order chi connectivity index (χ1) is 8.33. The van der Waals surface area contributed by atoms with Crippen LogP contribution in [0.15, 0.2) is 12.4 Å². The summed E-state index contributed by atoms with van der Waals surface area (Å²) in [5.41, 5.74) is 0.207. The van der Waals surface area contributed by atoms with E-state index in [2.05, 4.69) is 22.7 Å². The summed E-state index contributed by atoms with van der Waals surface area (Å²) in [5, 5.41) is 0. The van der Waals surface area contributed by atoms with E-state index < -0.39 is 0 Å². The summed E-state index contributed by atoms with van der Waals surface area (Å²) in [6.07, 6.45) is 12.7. The van der Waals surface area contributed by atoms with Crippen LogP contribution < -0.4 is 0 Å². The van der Waals surface area contributed by atoms with Gasteiger partial charge in [0.25, 0.3) is 0 Å². The van der Waals surface area contributed by atoms with Crippen LogP contribution in [0, 0.1) is 0 Å². The van der Waals surface area contributed by atoms with E-state index in [0.717, 1.165) is 19.4 Å². The second kappa shape index (κ2) is 4.45. The molecular formula is C14H22N2O. The van der Waals surface area contributed by atoms with Gasteiger partial charge in [0, 0.05) is 31.5 Å². The van der Waals surface area contributed by atoms with Gasteiger partial charge in [0.15, 0.2) is 0 Å². The molecule has 2 aliphatic rings. The Morgan fingerprint density at radius 1 is 1.47 bits per heavy atom. The molecule has 94 valence electrons. The van der Waals surface area contributed by atoms with Gasteiger partial charge >= 0.3 is 0 Å². The number of imidazole rings is 1. The molecule has 1 atom stereocenters. The maximum absolute atomic E-state index is 6.09. The van der Waals surface area contributed by atoms with Crippen molar-refractivity contribution in [2.45, 2.75) is 63.5 Å². The Morgan fingerprint density at radius 2 is 2.29 bits per heavy atom. The minimum Gasteiger partial charge on any atom is -0.375 e. The number of rotatable bonds is 2. The Morgan fingerprint density at radius 3 is 3.06 bits per heavy atom. The summed E-state index contributed by atoms with van der Waals surface area (Å²) in [5.74, 6) is 1.23. The third-order valence-corrected chi connectivity index (χ3v) is 4.44. The molecule has 0 aromatic carbocycles. The third kappa shape index (κ3) is 2.01. The Labute approximate surface area is 103 Å². The lowest BCUT2D eigenvalue weighted by Gasteiger charge is -2.39. The molecule has 17 heavy (non-hydrogen) atoms. The summed E-state index contributed by atoms with van der Waals surface area (Å²) in [7, 11) is 0. The number of hydrogen-bond donors (Lipinski definition) is 0. The second-order valence-electron chi connectivity index (χ2n) is 5.49. The Hall–Kier alpha value is -0.830. The summed E-state index contributed by atoms with van der Waals surface area (Å²) in [6.45, 7) is 3.11. The average Bonchev–Trinajstić information content (AvgIpc) is 2.98. The number of aryl methyl sites for hydroxylation is 1. The van der Waals surface area contributed by atoms with Crippen LogP contribution in [0.2, 0.25) is 0 Å². The van der Waals surface area contributed by atoms with E-state index in [9.17, 15) is 0 Å². The fraction of sp³-hybridized carbons (Fsp3) is 0.786. The first-order valence-corrected chi connectivity index (χ1v) is 6.99. The SMILES string of the molecule is CCc1nccn1C1CCOC2(CCCC2)C1. The smallest absolute Gasteiger partial charge is 0.108 e. The molecular weight excluding hydrogens is 212 g/mol. The fourth-order valence-electron chi connectivity index (χ4n) is 3.56. The molecule has 3 rings (SSSR count). The van der Waals surface area contributed by atoms with Crippen molar-refractivity contribution in [3.05, 3.63) is 18.2 Å². The van der Waals surface area contributed by atoms with Gasteiger partial charge in [0.2, 0.25) is 0 Å². The molecule has 3 nitrogen and oxygen atoms in total. The first-order valence-electron chi connectivity index (χ1n) is 6.99. The average molecular weight is 234 g/mol. The van der Waals surface area contributed by atoms with Gasteiger partial charge in [-0.25, -0.2) is 4.98 Å². The van der Waals surface area contributed by atoms with Crippen molar-refractivity contribution in [1.82, 2.24) is 9.55 Å². The standard InChI is InChI=1S/C14H22N2O/c1-2-13-15-8-9-16(13)12-5-10-17-14(11-12)6-3-4-7-14/h8-9,12H,2-7,10-11H2,1H3. The molecule has 0 amide bonds. The number of ether oxygens (including phenoxy) is 1. The third-order valence-electron chi connectivity index (χ3n) is 4.44. The molecule has 1 aromatic heterocycles. The summed E-state index contributed by atoms with van der Waals surface area (Å²) in [4.78, 5) is 4.45. The van der Waals surface area contributed by atoms with Crippen molar-refractivity contribution < 1.29 is 4.74 Å². The molecule has 0 bridgehead atoms. The lowest BCUT2D eigenvalue weighted by Crippen LogP contribution is -2.38. The van der Waals surface area contributed by atoms with Gasteiger partial charge in [-0.3, -0.25) is 0 Å². The van der Waals surface area contributed by atoms with E-state index in [4.69, 9.17) is 4.74 Å². The molecule has 2 fully saturated rings. The number of aromatic nitrogens is 2. The van der Waals surface area contributed by atoms with E-state index in [1.807, 2.05) is 6.20 Å². The van der Waals surface area contributed by atoms with E-state index in [1.54, 1.807) is 0 Å². The second-order valence-corrected chi connectivity index (χ2v) is 5.49. The zero-order valence-corrected chi connectivity index (χ0v) is 10.7. The van der Waals surface area contributed by atoms with Gasteiger partial charge in [0.05, 0.1) is 5.60 Å². The van der Waals surface area contributed by atoms with Crippen LogP contribution in [0.25, 0.3) is 0 Å². The van der Waals surface area contributed by atoms with E-state index >= 15 is 0 Å². The highest BCUT2D eigenvalue weighted by Gasteiger charge is 2.40. The van der Waals surface area contributed by atoms with Crippen LogP contribution in [0.3, 0.4) is 0 Å². The van der Waals surface area contributed by atoms with Crippen molar-refractivity contribution in [2.75, 3.05) is 6.61 Å². The number of nitrogens with zero attached hydrogens (tertiary/aromatic N) is 2. The predicted octanol–water partition coefficient (Wildman–Crippen LogP) is 3.11. The molecule has 1 aromatic rings. The van der Waals surface area contributed by atoms with Crippen molar-refractivity contribution in [1.29, 1.82) is 0 Å². The fourth-order valence-corrected chi connectivity index (χ4v) is 3.56. The molecule has 3 heteroatoms. The van der Waals surface area contributed by atoms with Crippen LogP contribution in [-0.4, -0.2) is 21.8 Å². The van der Waals surface area contributed by atoms with E-state index in [1.165, 1.54) is 37.9 Å². The van der Waals surface area contributed by atoms with Gasteiger partial charge in [-0.15, -0.1) is 0 Å². The van der Waals surface area contributed by atoms with Gasteiger partial charge < -0.3 is 9.30 Å². The first kappa shape index (κ1) is 11.3. The van der Waals surface area contributed by atoms with Crippen LogP contribution in [0.1, 0.15) is 57.3 Å². The van der Waals surface area contributed by atoms with E-state index in [0.29, 0.717) is 6.04 Å². The van der Waals surface area contributed by atoms with Crippen molar-refractivity contribution >= 4 is 0 Å². The topological polar surface area (TPSA) is 27.1 Å². The van der Waals surface area contributed by atoms with E-state index in [-0.39, 0.29) is 5.60 Å². The molecule has 0 N–H and O–H groups in total. The zero-order chi connectivity index (χ0) is 11.7. The zero-order valence-electron chi connectivity index (χ0n) is 10.7. The van der Waals surface area contributed by atoms with Crippen LogP contribution in [0.5, 0.6) is 0 Å². The molecule has 1 saturated carbocycles. The highest BCUT2D eigenvalue weighted by atomic mass is 16.5. The normalized spacial score (nSPS) is 27.7. The Kier molecular flexibility index (Phi) is 2.95. The molecule has 1 aliphatic heterocycles. The lowest BCUT2D eigenvalue weighted by atomic mass is 9.88. The highest BCUT2D eigenvalue weighted by Crippen LogP contribution is 2.43. The van der Waals surface area contributed by atoms with Gasteiger partial charge in [-0.2, -0.15) is 0 Å². The minimum absolute atomic E-state index is 0.207. The quantitative estimate of drug-likeness (QED) is 0.786. The lowest BCUT2D eigenvalue weighted by molar-refractivity contribution is -0.0897. The van der Waals surface area contributed by atoms with Gasteiger partial charge in [0.1, 0.15) is 5.82 Å². The number of hydrogen-bond acceptors (Lipinski definition) is 2. The monoisotopic (exact) mass is 234 g/mol. The van der Waals surface area contributed by atoms with Crippen molar-refractivity contribution in [3.63, 3.8) is 0 Å². The van der Waals surface area contributed by atoms with Crippen molar-refractivity contribution in [2.24, 2.45) is 0 Å². The summed E-state index contributed by atoms with van der Waals surface area (Å²) < 4.78 is 8.49. The Balaban J connectivity index is 1.79. The molecule has 1 unspecified atom stereocenters. The van der Waals surface area contributed by atoms with Crippen LogP contribution in [0.4, 0.5) is 0 Å². The van der Waals surface area contributed by atoms with Gasteiger partial charge in [-0.1, -0.05) is 19.8 Å². The molecule has 1 aliphatic carbocycles. The largest absolute Gasteiger partial charge is 0.375 e. The van der Waals surface area contributed by atoms with Gasteiger partial charge in [-0.05, 0) is 25.7 Å². The maximum atomic E-state index is 6.09. The van der Waals surface area contributed by atoms with Crippen LogP contribution >= 0.6 is 0 Å². The summed E-state index contributed by atoms with van der Waals surface area (Å²) >= 11 is 0. The molecule has 2 heterocycles. The van der Waals surface area contributed by atoms with Crippen molar-refractivity contribution in [3.8, 4) is 0 Å².